The quantitative estimate of drug-likeness (QED) is 0.0517. The Labute approximate surface area is 301 Å². The molecule has 0 aromatic rings. The Balaban J connectivity index is 4.33. The summed E-state index contributed by atoms with van der Waals surface area (Å²) in [5.74, 6) is -0.105. The molecule has 1 N–H and O–H groups in total. The van der Waals surface area contributed by atoms with Crippen molar-refractivity contribution in [3.63, 3.8) is 0 Å². The van der Waals surface area contributed by atoms with Crippen LogP contribution in [0.4, 0.5) is 0 Å². The van der Waals surface area contributed by atoms with E-state index in [1.165, 1.54) is 173 Å². The Morgan fingerprint density at radius 1 is 0.417 bits per heavy atom. The van der Waals surface area contributed by atoms with Crippen LogP contribution in [-0.2, 0) is 14.3 Å². The maximum Gasteiger partial charge on any atom is 0.306 e. The second-order valence-electron chi connectivity index (χ2n) is 15.2. The van der Waals surface area contributed by atoms with E-state index >= 15 is 0 Å². The monoisotopic (exact) mass is 679 g/mol. The third-order valence-corrected chi connectivity index (χ3v) is 10.3. The highest BCUT2D eigenvalue weighted by molar-refractivity contribution is 5.79. The van der Waals surface area contributed by atoms with Gasteiger partial charge in [0.25, 0.3) is 0 Å². The van der Waals surface area contributed by atoms with Crippen molar-refractivity contribution in [2.45, 2.75) is 271 Å². The topological polar surface area (TPSA) is 63.6 Å². The van der Waals surface area contributed by atoms with E-state index in [9.17, 15) is 14.7 Å². The average Bonchev–Trinajstić information content (AvgIpc) is 3.08. The van der Waals surface area contributed by atoms with E-state index in [1.807, 2.05) is 0 Å². The Bertz CT molecular complexity index is 662. The zero-order valence-electron chi connectivity index (χ0n) is 33.0. The molecule has 0 heterocycles. The minimum Gasteiger partial charge on any atom is -0.459 e. The first-order valence-electron chi connectivity index (χ1n) is 21.9. The van der Waals surface area contributed by atoms with Gasteiger partial charge in [-0.1, -0.05) is 220 Å². The molecule has 0 aliphatic rings. The van der Waals surface area contributed by atoms with Gasteiger partial charge < -0.3 is 9.84 Å². The molecule has 4 nitrogen and oxygen atoms in total. The van der Waals surface area contributed by atoms with Gasteiger partial charge in [-0.15, -0.1) is 0 Å². The van der Waals surface area contributed by atoms with E-state index in [-0.39, 0.29) is 18.2 Å². The highest BCUT2D eigenvalue weighted by atomic mass is 16.6. The van der Waals surface area contributed by atoms with E-state index in [2.05, 4.69) is 20.8 Å². The Morgan fingerprint density at radius 2 is 0.708 bits per heavy atom. The molecule has 48 heavy (non-hydrogen) atoms. The number of ether oxygens (including phenoxy) is 1. The van der Waals surface area contributed by atoms with E-state index in [1.54, 1.807) is 0 Å². The second-order valence-corrected chi connectivity index (χ2v) is 15.2. The van der Waals surface area contributed by atoms with Gasteiger partial charge in [0.05, 0.1) is 6.10 Å². The van der Waals surface area contributed by atoms with Crippen LogP contribution in [0.3, 0.4) is 0 Å². The third kappa shape index (κ3) is 34.9. The summed E-state index contributed by atoms with van der Waals surface area (Å²) in [5.41, 5.74) is 0. The summed E-state index contributed by atoms with van der Waals surface area (Å²) < 4.78 is 5.81. The van der Waals surface area contributed by atoms with Gasteiger partial charge in [0.2, 0.25) is 0 Å². The number of aliphatic hydroxyl groups excluding tert-OH is 1. The van der Waals surface area contributed by atoms with Crippen molar-refractivity contribution in [1.82, 2.24) is 0 Å². The lowest BCUT2D eigenvalue weighted by Crippen LogP contribution is -2.33. The lowest BCUT2D eigenvalue weighted by molar-refractivity contribution is -0.157. The van der Waals surface area contributed by atoms with Gasteiger partial charge in [0.1, 0.15) is 11.9 Å². The van der Waals surface area contributed by atoms with Gasteiger partial charge in [-0.2, -0.15) is 0 Å². The zero-order valence-corrected chi connectivity index (χ0v) is 33.0. The van der Waals surface area contributed by atoms with Crippen LogP contribution in [-0.4, -0.2) is 29.1 Å². The molecule has 286 valence electrons. The van der Waals surface area contributed by atoms with Crippen molar-refractivity contribution in [1.29, 1.82) is 0 Å². The summed E-state index contributed by atoms with van der Waals surface area (Å²) in [6.45, 7) is 6.79. The van der Waals surface area contributed by atoms with Crippen molar-refractivity contribution in [2.75, 3.05) is 0 Å². The fraction of sp³-hybridized carbons (Fsp3) is 0.955. The molecule has 0 radical (unpaired) electrons. The van der Waals surface area contributed by atoms with E-state index in [4.69, 9.17) is 4.74 Å². The summed E-state index contributed by atoms with van der Waals surface area (Å²) in [6, 6.07) is 0. The lowest BCUT2D eigenvalue weighted by Gasteiger charge is -2.23. The van der Waals surface area contributed by atoms with Gasteiger partial charge >= 0.3 is 5.97 Å². The fourth-order valence-electron chi connectivity index (χ4n) is 6.93. The van der Waals surface area contributed by atoms with Crippen molar-refractivity contribution in [3.8, 4) is 0 Å². The molecule has 0 saturated carbocycles. The summed E-state index contributed by atoms with van der Waals surface area (Å²) in [6.07, 6.45) is 41.8. The molecule has 1 unspecified atom stereocenters. The maximum absolute atomic E-state index is 12.9. The standard InChI is InChI=1S/C44H86O4/c1-4-7-10-13-16-19-21-22-24-26-28-31-34-37-41(45)40-43(48-44(47)39-36-33-30-25-18-15-12-9-6-3)42(46)38-35-32-29-27-23-20-17-14-11-8-5-2/h42-43,46H,4-40H2,1-3H3/t42-,43?/m0/s1. The number of hydrogen-bond donors (Lipinski definition) is 1. The number of unbranched alkanes of at least 4 members (excludes halogenated alkanes) is 30. The van der Waals surface area contributed by atoms with Crippen LogP contribution in [0.25, 0.3) is 0 Å². The van der Waals surface area contributed by atoms with Gasteiger partial charge in [0.15, 0.2) is 0 Å². The predicted molar refractivity (Wildman–Crippen MR) is 209 cm³/mol. The molecule has 0 saturated heterocycles. The van der Waals surface area contributed by atoms with Crippen LogP contribution in [0.2, 0.25) is 0 Å². The van der Waals surface area contributed by atoms with E-state index in [0.29, 0.717) is 19.3 Å². The lowest BCUT2D eigenvalue weighted by atomic mass is 9.98. The smallest absolute Gasteiger partial charge is 0.306 e. The van der Waals surface area contributed by atoms with Gasteiger partial charge in [-0.25, -0.2) is 0 Å². The number of ketones is 1. The molecular formula is C44H86O4. The highest BCUT2D eigenvalue weighted by Crippen LogP contribution is 2.19. The number of esters is 1. The van der Waals surface area contributed by atoms with Gasteiger partial charge in [-0.3, -0.25) is 9.59 Å². The molecule has 0 spiro atoms. The van der Waals surface area contributed by atoms with Gasteiger partial charge in [0, 0.05) is 19.3 Å². The zero-order chi connectivity index (χ0) is 35.2. The number of carbonyl (C=O) groups excluding carboxylic acids is 2. The Morgan fingerprint density at radius 3 is 1.06 bits per heavy atom. The van der Waals surface area contributed by atoms with Crippen molar-refractivity contribution < 1.29 is 19.4 Å². The predicted octanol–water partition coefficient (Wildman–Crippen LogP) is 14.3. The van der Waals surface area contributed by atoms with E-state index < -0.39 is 12.2 Å². The van der Waals surface area contributed by atoms with Crippen LogP contribution >= 0.6 is 0 Å². The molecule has 0 rings (SSSR count). The molecule has 0 aliphatic carbocycles. The first kappa shape index (κ1) is 47.1. The van der Waals surface area contributed by atoms with Crippen LogP contribution < -0.4 is 0 Å². The molecule has 0 aromatic carbocycles. The van der Waals surface area contributed by atoms with Crippen molar-refractivity contribution in [2.24, 2.45) is 0 Å². The summed E-state index contributed by atoms with van der Waals surface area (Å²) >= 11 is 0. The molecular weight excluding hydrogens is 592 g/mol. The average molecular weight is 679 g/mol. The number of Topliss-reactive ketones (excluding diaryl/α,β-unsaturated/α-hetero) is 1. The minimum absolute atomic E-state index is 0.136. The largest absolute Gasteiger partial charge is 0.459 e. The van der Waals surface area contributed by atoms with Crippen LogP contribution in [0.15, 0.2) is 0 Å². The molecule has 0 aliphatic heterocycles. The molecule has 0 amide bonds. The SMILES string of the molecule is CCCCCCCCCCCCCCCC(=O)CC(OC(=O)CCCCCCCCCCC)[C@@H](O)CCCCCCCCCCCCC. The summed E-state index contributed by atoms with van der Waals surface area (Å²) in [7, 11) is 0. The molecule has 0 bridgehead atoms. The van der Waals surface area contributed by atoms with Gasteiger partial charge in [-0.05, 0) is 19.3 Å². The van der Waals surface area contributed by atoms with Crippen molar-refractivity contribution in [3.05, 3.63) is 0 Å². The minimum atomic E-state index is -0.744. The third-order valence-electron chi connectivity index (χ3n) is 10.3. The highest BCUT2D eigenvalue weighted by Gasteiger charge is 2.25. The number of hydrogen-bond acceptors (Lipinski definition) is 4. The van der Waals surface area contributed by atoms with E-state index in [0.717, 1.165) is 38.5 Å². The Kier molecular flexibility index (Phi) is 38.2. The normalized spacial score (nSPS) is 12.8. The number of aliphatic hydroxyl groups is 1. The number of rotatable bonds is 40. The summed E-state index contributed by atoms with van der Waals surface area (Å²) in [4.78, 5) is 25.7. The molecule has 0 fully saturated rings. The molecule has 0 aromatic heterocycles. The molecule has 2 atom stereocenters. The van der Waals surface area contributed by atoms with Crippen LogP contribution in [0.1, 0.15) is 258 Å². The van der Waals surface area contributed by atoms with Crippen LogP contribution in [0, 0.1) is 0 Å². The van der Waals surface area contributed by atoms with Crippen molar-refractivity contribution >= 4 is 11.8 Å². The first-order valence-corrected chi connectivity index (χ1v) is 21.9. The number of carbonyl (C=O) groups is 2. The maximum atomic E-state index is 12.9. The first-order chi connectivity index (χ1) is 23.5. The molecule has 4 heteroatoms. The fourth-order valence-corrected chi connectivity index (χ4v) is 6.93. The van der Waals surface area contributed by atoms with Crippen LogP contribution in [0.5, 0.6) is 0 Å². The summed E-state index contributed by atoms with van der Waals surface area (Å²) in [5, 5.41) is 11.0. The Hall–Kier alpha value is -0.900. The second kappa shape index (κ2) is 38.9.